The molecule has 0 spiro atoms. The highest BCUT2D eigenvalue weighted by Crippen LogP contribution is 2.30. The molecular formula is C21H25ClN4O. The topological polar surface area (TPSA) is 74.4 Å². The molecule has 2 heterocycles. The number of hydrogen-bond donors (Lipinski definition) is 3. The average molecular weight is 385 g/mol. The van der Waals surface area contributed by atoms with Crippen LogP contribution in [-0.4, -0.2) is 35.8 Å². The molecular weight excluding hydrogens is 360 g/mol. The van der Waals surface area contributed by atoms with Crippen molar-refractivity contribution >= 4 is 34.8 Å². The third kappa shape index (κ3) is 4.16. The zero-order chi connectivity index (χ0) is 17.9. The fourth-order valence-electron chi connectivity index (χ4n) is 3.47. The third-order valence-electron chi connectivity index (χ3n) is 4.96. The first kappa shape index (κ1) is 19.4. The minimum atomic E-state index is -0.563. The van der Waals surface area contributed by atoms with Crippen LogP contribution >= 0.6 is 12.4 Å². The van der Waals surface area contributed by atoms with Gasteiger partial charge in [-0.15, -0.1) is 12.4 Å². The van der Waals surface area contributed by atoms with Crippen LogP contribution in [0.15, 0.2) is 54.6 Å². The Balaban J connectivity index is 0.00000210. The third-order valence-corrected chi connectivity index (χ3v) is 4.96. The van der Waals surface area contributed by atoms with Crippen LogP contribution < -0.4 is 16.0 Å². The van der Waals surface area contributed by atoms with Crippen molar-refractivity contribution in [2.24, 2.45) is 5.73 Å². The summed E-state index contributed by atoms with van der Waals surface area (Å²) in [6.45, 7) is 2.48. The lowest BCUT2D eigenvalue weighted by atomic mass is 10.00. The molecule has 0 fully saturated rings. The summed E-state index contributed by atoms with van der Waals surface area (Å²) < 4.78 is 0. The Kier molecular flexibility index (Phi) is 6.16. The summed E-state index contributed by atoms with van der Waals surface area (Å²) in [5.41, 5.74) is 10.3. The van der Waals surface area contributed by atoms with Crippen LogP contribution in [0.2, 0.25) is 0 Å². The molecule has 1 unspecified atom stereocenters. The number of aromatic nitrogens is 1. The average Bonchev–Trinajstić information content (AvgIpc) is 2.71. The molecule has 2 aromatic carbocycles. The highest BCUT2D eigenvalue weighted by Gasteiger charge is 2.18. The lowest BCUT2D eigenvalue weighted by molar-refractivity contribution is 0.196. The minimum Gasteiger partial charge on any atom is -0.390 e. The molecule has 0 saturated carbocycles. The summed E-state index contributed by atoms with van der Waals surface area (Å²) in [6, 6.07) is 18.8. The number of halogens is 1. The fourth-order valence-corrected chi connectivity index (χ4v) is 3.47. The van der Waals surface area contributed by atoms with Crippen molar-refractivity contribution in [3.63, 3.8) is 0 Å². The molecule has 27 heavy (non-hydrogen) atoms. The van der Waals surface area contributed by atoms with Gasteiger partial charge in [0.2, 0.25) is 0 Å². The molecule has 0 saturated heterocycles. The zero-order valence-corrected chi connectivity index (χ0v) is 16.0. The number of nitrogens with one attached hydrogen (secondary N) is 1. The van der Waals surface area contributed by atoms with E-state index >= 15 is 0 Å². The van der Waals surface area contributed by atoms with Crippen molar-refractivity contribution in [2.45, 2.75) is 19.1 Å². The van der Waals surface area contributed by atoms with Crippen LogP contribution in [0.3, 0.4) is 0 Å². The van der Waals surface area contributed by atoms with Gasteiger partial charge in [0.15, 0.2) is 0 Å². The molecule has 3 aromatic rings. The van der Waals surface area contributed by atoms with Gasteiger partial charge in [0.05, 0.1) is 11.6 Å². The second-order valence-corrected chi connectivity index (χ2v) is 6.76. The Morgan fingerprint density at radius 3 is 2.67 bits per heavy atom. The number of benzene rings is 2. The molecule has 142 valence electrons. The normalized spacial score (nSPS) is 14.4. The standard InChI is InChI=1S/C21H24N4O.ClH/c22-12-17(26)13-23-20-11-21(24-19-8-4-3-7-18(19)20)25-10-9-15-5-1-2-6-16(15)14-25;/h1-8,11,17,26H,9-10,12-14,22H2,(H,23,24);1H. The van der Waals surface area contributed by atoms with Crippen LogP contribution in [0.1, 0.15) is 11.1 Å². The quantitative estimate of drug-likeness (QED) is 0.630. The highest BCUT2D eigenvalue weighted by atomic mass is 35.5. The smallest absolute Gasteiger partial charge is 0.131 e. The van der Waals surface area contributed by atoms with E-state index in [1.54, 1.807) is 0 Å². The first-order valence-corrected chi connectivity index (χ1v) is 9.08. The van der Waals surface area contributed by atoms with Gasteiger partial charge in [-0.05, 0) is 23.6 Å². The van der Waals surface area contributed by atoms with Gasteiger partial charge in [0.1, 0.15) is 5.82 Å². The Morgan fingerprint density at radius 1 is 1.11 bits per heavy atom. The SMILES string of the molecule is Cl.NCC(O)CNc1cc(N2CCc3ccccc3C2)nc2ccccc12. The second kappa shape index (κ2) is 8.57. The number of aliphatic hydroxyl groups is 1. The summed E-state index contributed by atoms with van der Waals surface area (Å²) in [6.07, 6.45) is 0.464. The monoisotopic (exact) mass is 384 g/mol. The van der Waals surface area contributed by atoms with E-state index in [9.17, 15) is 5.11 Å². The van der Waals surface area contributed by atoms with Gasteiger partial charge in [0, 0.05) is 43.3 Å². The van der Waals surface area contributed by atoms with Gasteiger partial charge in [-0.3, -0.25) is 0 Å². The van der Waals surface area contributed by atoms with E-state index in [4.69, 9.17) is 10.7 Å². The molecule has 4 N–H and O–H groups in total. The van der Waals surface area contributed by atoms with E-state index in [0.717, 1.165) is 41.9 Å². The summed E-state index contributed by atoms with van der Waals surface area (Å²) in [4.78, 5) is 7.20. The molecule has 0 amide bonds. The molecule has 1 aliphatic heterocycles. The maximum atomic E-state index is 9.81. The van der Waals surface area contributed by atoms with Gasteiger partial charge in [-0.25, -0.2) is 4.98 Å². The molecule has 0 radical (unpaired) electrons. The van der Waals surface area contributed by atoms with E-state index in [1.165, 1.54) is 11.1 Å². The highest BCUT2D eigenvalue weighted by molar-refractivity contribution is 5.93. The van der Waals surface area contributed by atoms with E-state index in [0.29, 0.717) is 6.54 Å². The van der Waals surface area contributed by atoms with Crippen molar-refractivity contribution < 1.29 is 5.11 Å². The number of fused-ring (bicyclic) bond motifs is 2. The Morgan fingerprint density at radius 2 is 1.85 bits per heavy atom. The number of para-hydroxylation sites is 1. The Labute approximate surface area is 165 Å². The number of aliphatic hydroxyl groups excluding tert-OH is 1. The summed E-state index contributed by atoms with van der Waals surface area (Å²) in [5.74, 6) is 0.961. The van der Waals surface area contributed by atoms with E-state index < -0.39 is 6.10 Å². The Hall–Kier alpha value is -2.34. The predicted octanol–water partition coefficient (Wildman–Crippen LogP) is 2.95. The van der Waals surface area contributed by atoms with Crippen LogP contribution in [-0.2, 0) is 13.0 Å². The van der Waals surface area contributed by atoms with Crippen LogP contribution in [0.5, 0.6) is 0 Å². The largest absolute Gasteiger partial charge is 0.390 e. The summed E-state index contributed by atoms with van der Waals surface area (Å²) >= 11 is 0. The fraction of sp³-hybridized carbons (Fsp3) is 0.286. The van der Waals surface area contributed by atoms with Crippen molar-refractivity contribution in [2.75, 3.05) is 29.9 Å². The van der Waals surface area contributed by atoms with E-state index in [2.05, 4.69) is 46.6 Å². The summed E-state index contributed by atoms with van der Waals surface area (Å²) in [7, 11) is 0. The number of hydrogen-bond acceptors (Lipinski definition) is 5. The van der Waals surface area contributed by atoms with Gasteiger partial charge in [-0.2, -0.15) is 0 Å². The predicted molar refractivity (Wildman–Crippen MR) is 114 cm³/mol. The lowest BCUT2D eigenvalue weighted by Crippen LogP contribution is -2.31. The van der Waals surface area contributed by atoms with Crippen LogP contribution in [0.4, 0.5) is 11.5 Å². The van der Waals surface area contributed by atoms with Crippen molar-refractivity contribution in [3.05, 3.63) is 65.7 Å². The van der Waals surface area contributed by atoms with Gasteiger partial charge >= 0.3 is 0 Å². The summed E-state index contributed by atoms with van der Waals surface area (Å²) in [5, 5.41) is 14.2. The molecule has 5 nitrogen and oxygen atoms in total. The second-order valence-electron chi connectivity index (χ2n) is 6.76. The van der Waals surface area contributed by atoms with Crippen LogP contribution in [0.25, 0.3) is 10.9 Å². The van der Waals surface area contributed by atoms with Crippen LogP contribution in [0, 0.1) is 0 Å². The van der Waals surface area contributed by atoms with Crippen molar-refractivity contribution in [1.29, 1.82) is 0 Å². The lowest BCUT2D eigenvalue weighted by Gasteiger charge is -2.30. The first-order valence-electron chi connectivity index (χ1n) is 9.08. The van der Waals surface area contributed by atoms with Gasteiger partial charge in [0.25, 0.3) is 0 Å². The van der Waals surface area contributed by atoms with Gasteiger partial charge in [-0.1, -0.05) is 42.5 Å². The number of pyridine rings is 1. The molecule has 1 aliphatic rings. The molecule has 1 aromatic heterocycles. The molecule has 0 bridgehead atoms. The minimum absolute atomic E-state index is 0. The maximum Gasteiger partial charge on any atom is 0.131 e. The molecule has 0 aliphatic carbocycles. The van der Waals surface area contributed by atoms with Crippen molar-refractivity contribution in [1.82, 2.24) is 4.98 Å². The maximum absolute atomic E-state index is 9.81. The molecule has 1 atom stereocenters. The van der Waals surface area contributed by atoms with E-state index in [-0.39, 0.29) is 19.0 Å². The number of nitrogens with zero attached hydrogens (tertiary/aromatic N) is 2. The Bertz CT molecular complexity index is 918. The van der Waals surface area contributed by atoms with Gasteiger partial charge < -0.3 is 21.1 Å². The zero-order valence-electron chi connectivity index (χ0n) is 15.1. The first-order chi connectivity index (χ1) is 12.7. The van der Waals surface area contributed by atoms with Crippen molar-refractivity contribution in [3.8, 4) is 0 Å². The number of rotatable bonds is 5. The molecule has 6 heteroatoms. The number of anilines is 2. The molecule has 4 rings (SSSR count). The van der Waals surface area contributed by atoms with E-state index in [1.807, 2.05) is 18.2 Å². The number of nitrogens with two attached hydrogens (primary N) is 1.